The number of carbonyl (C=O) groups is 2. The van der Waals surface area contributed by atoms with Crippen LogP contribution in [0.1, 0.15) is 21.7 Å². The molecule has 4 nitrogen and oxygen atoms in total. The predicted molar refractivity (Wildman–Crippen MR) is 96.5 cm³/mol. The summed E-state index contributed by atoms with van der Waals surface area (Å²) in [7, 11) is 0. The lowest BCUT2D eigenvalue weighted by Crippen LogP contribution is -2.40. The number of thiophene rings is 1. The monoisotopic (exact) mass is 340 g/mol. The molecule has 24 heavy (non-hydrogen) atoms. The lowest BCUT2D eigenvalue weighted by Gasteiger charge is -2.16. The first-order chi connectivity index (χ1) is 11.6. The molecule has 1 aromatic carbocycles. The average Bonchev–Trinajstić information content (AvgIpc) is 3.14. The zero-order valence-electron chi connectivity index (χ0n) is 13.6. The molecule has 1 N–H and O–H groups in total. The molecular formula is C19H20N2O2S. The van der Waals surface area contributed by atoms with Crippen LogP contribution in [0.3, 0.4) is 0 Å². The summed E-state index contributed by atoms with van der Waals surface area (Å²) >= 11 is 1.63. The number of nitrogens with zero attached hydrogens (tertiary/aromatic N) is 1. The number of rotatable bonds is 5. The van der Waals surface area contributed by atoms with Gasteiger partial charge in [0, 0.05) is 28.9 Å². The lowest BCUT2D eigenvalue weighted by molar-refractivity contribution is -0.132. The molecule has 1 aromatic heterocycles. The van der Waals surface area contributed by atoms with E-state index in [0.29, 0.717) is 19.5 Å². The Bertz CT molecular complexity index is 752. The van der Waals surface area contributed by atoms with E-state index in [1.807, 2.05) is 49.4 Å². The van der Waals surface area contributed by atoms with Crippen LogP contribution in [0.25, 0.3) is 6.08 Å². The van der Waals surface area contributed by atoms with Crippen molar-refractivity contribution < 1.29 is 9.59 Å². The van der Waals surface area contributed by atoms with Crippen LogP contribution in [0.2, 0.25) is 0 Å². The van der Waals surface area contributed by atoms with Crippen molar-refractivity contribution in [2.24, 2.45) is 0 Å². The summed E-state index contributed by atoms with van der Waals surface area (Å²) in [5.74, 6) is -0.228. The van der Waals surface area contributed by atoms with Gasteiger partial charge < -0.3 is 10.2 Å². The molecule has 1 saturated heterocycles. The smallest absolute Gasteiger partial charge is 0.245 e. The van der Waals surface area contributed by atoms with Crippen molar-refractivity contribution in [2.45, 2.75) is 25.9 Å². The number of carbonyl (C=O) groups excluding carboxylic acids is 2. The summed E-state index contributed by atoms with van der Waals surface area (Å²) in [6, 6.07) is 13.5. The number of benzene rings is 1. The van der Waals surface area contributed by atoms with E-state index in [1.165, 1.54) is 11.0 Å². The summed E-state index contributed by atoms with van der Waals surface area (Å²) in [6.45, 7) is 3.30. The van der Waals surface area contributed by atoms with Crippen molar-refractivity contribution in [3.8, 4) is 0 Å². The standard InChI is InChI=1S/C19H20N2O2S/c1-14-7-8-16(24-14)9-10-18(22)20-17-11-12-21(19(17)23)13-15-5-3-2-4-6-15/h2-10,17H,11-13H2,1H3,(H,20,22)/b10-9-/t17-/m1/s1. The zero-order chi connectivity index (χ0) is 16.9. The second-order valence-corrected chi connectivity index (χ2v) is 7.20. The maximum absolute atomic E-state index is 12.4. The van der Waals surface area contributed by atoms with Gasteiger partial charge in [0.25, 0.3) is 0 Å². The average molecular weight is 340 g/mol. The van der Waals surface area contributed by atoms with Crippen LogP contribution in [-0.4, -0.2) is 29.3 Å². The Labute approximate surface area is 145 Å². The number of amides is 2. The molecule has 0 aliphatic carbocycles. The van der Waals surface area contributed by atoms with E-state index >= 15 is 0 Å². The van der Waals surface area contributed by atoms with Crippen LogP contribution in [0, 0.1) is 6.92 Å². The molecule has 2 amide bonds. The van der Waals surface area contributed by atoms with Crippen molar-refractivity contribution in [1.82, 2.24) is 10.2 Å². The summed E-state index contributed by atoms with van der Waals surface area (Å²) in [4.78, 5) is 28.5. The normalized spacial score (nSPS) is 17.6. The molecule has 1 atom stereocenters. The molecule has 3 rings (SSSR count). The van der Waals surface area contributed by atoms with Crippen molar-refractivity contribution >= 4 is 29.2 Å². The lowest BCUT2D eigenvalue weighted by atomic mass is 10.2. The zero-order valence-corrected chi connectivity index (χ0v) is 14.4. The molecule has 1 aliphatic heterocycles. The molecule has 0 unspecified atom stereocenters. The number of likely N-dealkylation sites (tertiary alicyclic amines) is 1. The second-order valence-electron chi connectivity index (χ2n) is 5.88. The Hall–Kier alpha value is -2.40. The van der Waals surface area contributed by atoms with Crippen LogP contribution < -0.4 is 5.32 Å². The SMILES string of the molecule is Cc1ccc(/C=C\C(=O)N[C@@H]2CCN(Cc3ccccc3)C2=O)s1. The molecule has 1 aliphatic rings. The van der Waals surface area contributed by atoms with Gasteiger partial charge >= 0.3 is 0 Å². The molecule has 0 spiro atoms. The van der Waals surface area contributed by atoms with Crippen LogP contribution in [0.15, 0.2) is 48.5 Å². The van der Waals surface area contributed by atoms with E-state index in [0.717, 1.165) is 10.4 Å². The first-order valence-electron chi connectivity index (χ1n) is 7.99. The Morgan fingerprint density at radius 2 is 2.08 bits per heavy atom. The van der Waals surface area contributed by atoms with E-state index in [4.69, 9.17) is 0 Å². The van der Waals surface area contributed by atoms with Crippen LogP contribution >= 0.6 is 11.3 Å². The molecule has 2 heterocycles. The first-order valence-corrected chi connectivity index (χ1v) is 8.81. The Morgan fingerprint density at radius 3 is 2.79 bits per heavy atom. The third-order valence-electron chi connectivity index (χ3n) is 3.99. The summed E-state index contributed by atoms with van der Waals surface area (Å²) in [6.07, 6.45) is 3.94. The van der Waals surface area contributed by atoms with Gasteiger partial charge in [-0.05, 0) is 37.1 Å². The Morgan fingerprint density at radius 1 is 1.29 bits per heavy atom. The molecular weight excluding hydrogens is 320 g/mol. The van der Waals surface area contributed by atoms with Crippen molar-refractivity contribution in [3.05, 3.63) is 63.9 Å². The second kappa shape index (κ2) is 7.45. The number of hydrogen-bond acceptors (Lipinski definition) is 3. The summed E-state index contributed by atoms with van der Waals surface area (Å²) < 4.78 is 0. The third-order valence-corrected chi connectivity index (χ3v) is 4.96. The van der Waals surface area contributed by atoms with E-state index in [1.54, 1.807) is 22.3 Å². The van der Waals surface area contributed by atoms with Gasteiger partial charge in [-0.15, -0.1) is 11.3 Å². The van der Waals surface area contributed by atoms with Crippen molar-refractivity contribution in [3.63, 3.8) is 0 Å². The molecule has 1 fully saturated rings. The van der Waals surface area contributed by atoms with Gasteiger partial charge in [0.1, 0.15) is 6.04 Å². The highest BCUT2D eigenvalue weighted by Crippen LogP contribution is 2.17. The van der Waals surface area contributed by atoms with Gasteiger partial charge in [-0.3, -0.25) is 9.59 Å². The Balaban J connectivity index is 1.53. The number of nitrogens with one attached hydrogen (secondary N) is 1. The molecule has 2 aromatic rings. The van der Waals surface area contributed by atoms with Crippen molar-refractivity contribution in [1.29, 1.82) is 0 Å². The molecule has 0 saturated carbocycles. The molecule has 0 bridgehead atoms. The quantitative estimate of drug-likeness (QED) is 0.851. The fourth-order valence-corrected chi connectivity index (χ4v) is 3.53. The van der Waals surface area contributed by atoms with E-state index in [-0.39, 0.29) is 11.8 Å². The molecule has 124 valence electrons. The van der Waals surface area contributed by atoms with Gasteiger partial charge in [0.05, 0.1) is 0 Å². The van der Waals surface area contributed by atoms with Crippen LogP contribution in [0.5, 0.6) is 0 Å². The van der Waals surface area contributed by atoms with E-state index in [2.05, 4.69) is 5.32 Å². The van der Waals surface area contributed by atoms with Gasteiger partial charge in [0.2, 0.25) is 11.8 Å². The minimum Gasteiger partial charge on any atom is -0.341 e. The largest absolute Gasteiger partial charge is 0.341 e. The summed E-state index contributed by atoms with van der Waals surface area (Å²) in [5, 5.41) is 2.81. The van der Waals surface area contributed by atoms with Gasteiger partial charge in [-0.1, -0.05) is 30.3 Å². The van der Waals surface area contributed by atoms with Crippen LogP contribution in [0.4, 0.5) is 0 Å². The highest BCUT2D eigenvalue weighted by atomic mass is 32.1. The van der Waals surface area contributed by atoms with Gasteiger partial charge in [-0.25, -0.2) is 0 Å². The number of aryl methyl sites for hydroxylation is 1. The maximum Gasteiger partial charge on any atom is 0.245 e. The maximum atomic E-state index is 12.4. The first kappa shape index (κ1) is 16.5. The van der Waals surface area contributed by atoms with E-state index < -0.39 is 6.04 Å². The topological polar surface area (TPSA) is 49.4 Å². The van der Waals surface area contributed by atoms with Gasteiger partial charge in [0.15, 0.2) is 0 Å². The molecule has 0 radical (unpaired) electrons. The fourth-order valence-electron chi connectivity index (χ4n) is 2.75. The third kappa shape index (κ3) is 4.11. The van der Waals surface area contributed by atoms with Crippen LogP contribution in [-0.2, 0) is 16.1 Å². The van der Waals surface area contributed by atoms with E-state index in [9.17, 15) is 9.59 Å². The number of hydrogen-bond donors (Lipinski definition) is 1. The van der Waals surface area contributed by atoms with Crippen molar-refractivity contribution in [2.75, 3.05) is 6.54 Å². The highest BCUT2D eigenvalue weighted by Gasteiger charge is 2.32. The minimum atomic E-state index is -0.420. The highest BCUT2D eigenvalue weighted by molar-refractivity contribution is 7.12. The fraction of sp³-hybridized carbons (Fsp3) is 0.263. The van der Waals surface area contributed by atoms with Gasteiger partial charge in [-0.2, -0.15) is 0 Å². The Kier molecular flexibility index (Phi) is 5.11. The molecule has 5 heteroatoms. The minimum absolute atomic E-state index is 0.00688. The predicted octanol–water partition coefficient (Wildman–Crippen LogP) is 2.99. The summed E-state index contributed by atoms with van der Waals surface area (Å²) in [5.41, 5.74) is 1.10.